The van der Waals surface area contributed by atoms with E-state index in [4.69, 9.17) is 4.74 Å². The van der Waals surface area contributed by atoms with Crippen molar-refractivity contribution in [3.8, 4) is 0 Å². The molecule has 1 N–H and O–H groups in total. The molecule has 1 saturated carbocycles. The number of pyridine rings is 1. The van der Waals surface area contributed by atoms with E-state index in [-0.39, 0.29) is 16.9 Å². The molecule has 0 aromatic carbocycles. The van der Waals surface area contributed by atoms with Crippen LogP contribution in [0.3, 0.4) is 0 Å². The molecule has 1 amide bonds. The Morgan fingerprint density at radius 1 is 1.61 bits per heavy atom. The molecule has 1 fully saturated rings. The Hall–Kier alpha value is -1.47. The largest absolute Gasteiger partial charge is 0.378 e. The Balaban J connectivity index is 2.00. The Labute approximate surface area is 105 Å². The summed E-state index contributed by atoms with van der Waals surface area (Å²) in [6.07, 6.45) is 3.08. The first kappa shape index (κ1) is 13.0. The SMILES string of the molecule is CCO[C@H]1C[C@H]1C(=O)NS(=O)(=O)c1cccnc1. The lowest BCUT2D eigenvalue weighted by molar-refractivity contribution is -0.121. The van der Waals surface area contributed by atoms with Crippen LogP contribution in [0.15, 0.2) is 29.4 Å². The zero-order valence-corrected chi connectivity index (χ0v) is 10.7. The molecule has 98 valence electrons. The van der Waals surface area contributed by atoms with Crippen molar-refractivity contribution in [2.45, 2.75) is 24.3 Å². The number of nitrogens with zero attached hydrogens (tertiary/aromatic N) is 1. The molecular weight excluding hydrogens is 256 g/mol. The van der Waals surface area contributed by atoms with Crippen LogP contribution in [0.2, 0.25) is 0 Å². The van der Waals surface area contributed by atoms with Gasteiger partial charge in [0.2, 0.25) is 5.91 Å². The monoisotopic (exact) mass is 270 g/mol. The van der Waals surface area contributed by atoms with Gasteiger partial charge in [-0.2, -0.15) is 0 Å². The first-order valence-electron chi connectivity index (χ1n) is 5.63. The lowest BCUT2D eigenvalue weighted by Gasteiger charge is -2.06. The van der Waals surface area contributed by atoms with E-state index < -0.39 is 15.9 Å². The van der Waals surface area contributed by atoms with Crippen LogP contribution in [0, 0.1) is 5.92 Å². The van der Waals surface area contributed by atoms with Crippen molar-refractivity contribution in [3.63, 3.8) is 0 Å². The van der Waals surface area contributed by atoms with Crippen molar-refractivity contribution in [2.24, 2.45) is 5.92 Å². The van der Waals surface area contributed by atoms with Gasteiger partial charge in [-0.1, -0.05) is 0 Å². The number of sulfonamides is 1. The molecule has 1 aromatic heterocycles. The predicted octanol–water partition coefficient (Wildman–Crippen LogP) is 0.311. The number of aromatic nitrogens is 1. The van der Waals surface area contributed by atoms with Crippen LogP contribution in [0.25, 0.3) is 0 Å². The topological polar surface area (TPSA) is 85.4 Å². The smallest absolute Gasteiger partial charge is 0.265 e. The standard InChI is InChI=1S/C11H14N2O4S/c1-2-17-10-6-9(10)11(14)13-18(15,16)8-4-3-5-12-7-8/h3-5,7,9-10H,2,6H2,1H3,(H,13,14)/t9-,10+/m1/s1. The maximum absolute atomic E-state index is 11.8. The average Bonchev–Trinajstić information content (AvgIpc) is 3.10. The Morgan fingerprint density at radius 3 is 3.00 bits per heavy atom. The summed E-state index contributed by atoms with van der Waals surface area (Å²) in [5.74, 6) is -0.881. The summed E-state index contributed by atoms with van der Waals surface area (Å²) >= 11 is 0. The maximum Gasteiger partial charge on any atom is 0.265 e. The summed E-state index contributed by atoms with van der Waals surface area (Å²) in [5.41, 5.74) is 0. The predicted molar refractivity (Wildman–Crippen MR) is 63.1 cm³/mol. The summed E-state index contributed by atoms with van der Waals surface area (Å²) in [7, 11) is -3.82. The third kappa shape index (κ3) is 2.85. The van der Waals surface area contributed by atoms with Gasteiger partial charge in [-0.15, -0.1) is 0 Å². The Bertz CT molecular complexity index is 529. The van der Waals surface area contributed by atoms with Gasteiger partial charge in [0, 0.05) is 19.0 Å². The average molecular weight is 270 g/mol. The molecule has 0 radical (unpaired) electrons. The highest BCUT2D eigenvalue weighted by atomic mass is 32.2. The molecule has 0 bridgehead atoms. The van der Waals surface area contributed by atoms with Gasteiger partial charge in [-0.3, -0.25) is 9.78 Å². The molecule has 6 nitrogen and oxygen atoms in total. The van der Waals surface area contributed by atoms with Gasteiger partial charge >= 0.3 is 0 Å². The fourth-order valence-corrected chi connectivity index (χ4v) is 2.61. The van der Waals surface area contributed by atoms with Crippen LogP contribution in [-0.4, -0.2) is 32.0 Å². The van der Waals surface area contributed by atoms with Crippen LogP contribution >= 0.6 is 0 Å². The van der Waals surface area contributed by atoms with Gasteiger partial charge in [-0.25, -0.2) is 13.1 Å². The maximum atomic E-state index is 11.8. The lowest BCUT2D eigenvalue weighted by Crippen LogP contribution is -2.32. The second kappa shape index (κ2) is 5.03. The number of hydrogen-bond donors (Lipinski definition) is 1. The van der Waals surface area contributed by atoms with Gasteiger partial charge < -0.3 is 4.74 Å². The molecule has 18 heavy (non-hydrogen) atoms. The summed E-state index contributed by atoms with van der Waals surface area (Å²) in [6, 6.07) is 2.88. The lowest BCUT2D eigenvalue weighted by atomic mass is 10.4. The van der Waals surface area contributed by atoms with E-state index in [1.54, 1.807) is 0 Å². The molecule has 0 unspecified atom stereocenters. The molecule has 1 heterocycles. The minimum absolute atomic E-state index is 0.0213. The number of amides is 1. The van der Waals surface area contributed by atoms with Gasteiger partial charge in [0.15, 0.2) is 0 Å². The van der Waals surface area contributed by atoms with Crippen LogP contribution < -0.4 is 4.72 Å². The number of carbonyl (C=O) groups excluding carboxylic acids is 1. The summed E-state index contributed by atoms with van der Waals surface area (Å²) < 4.78 is 30.9. The van der Waals surface area contributed by atoms with Crippen LogP contribution in [0.5, 0.6) is 0 Å². The van der Waals surface area contributed by atoms with Gasteiger partial charge in [0.25, 0.3) is 10.0 Å². The minimum atomic E-state index is -3.82. The summed E-state index contributed by atoms with van der Waals surface area (Å²) in [6.45, 7) is 2.35. The van der Waals surface area contributed by atoms with E-state index in [2.05, 4.69) is 4.98 Å². The second-order valence-electron chi connectivity index (χ2n) is 3.99. The highest BCUT2D eigenvalue weighted by molar-refractivity contribution is 7.90. The van der Waals surface area contributed by atoms with Gasteiger partial charge in [0.1, 0.15) is 4.90 Å². The summed E-state index contributed by atoms with van der Waals surface area (Å²) in [5, 5.41) is 0. The van der Waals surface area contributed by atoms with E-state index >= 15 is 0 Å². The van der Waals surface area contributed by atoms with E-state index in [1.165, 1.54) is 24.5 Å². The van der Waals surface area contributed by atoms with Gasteiger partial charge in [-0.05, 0) is 25.5 Å². The molecule has 2 rings (SSSR count). The van der Waals surface area contributed by atoms with Crippen molar-refractivity contribution in [1.29, 1.82) is 0 Å². The molecule has 0 aliphatic heterocycles. The Kier molecular flexibility index (Phi) is 3.63. The first-order valence-corrected chi connectivity index (χ1v) is 7.11. The van der Waals surface area contributed by atoms with Crippen molar-refractivity contribution >= 4 is 15.9 Å². The van der Waals surface area contributed by atoms with Crippen LogP contribution in [0.1, 0.15) is 13.3 Å². The molecule has 0 spiro atoms. The highest BCUT2D eigenvalue weighted by Crippen LogP contribution is 2.34. The van der Waals surface area contributed by atoms with E-state index in [9.17, 15) is 13.2 Å². The van der Waals surface area contributed by atoms with Crippen molar-refractivity contribution in [1.82, 2.24) is 9.71 Å². The molecular formula is C11H14N2O4S. The summed E-state index contributed by atoms with van der Waals surface area (Å²) in [4.78, 5) is 15.4. The van der Waals surface area contributed by atoms with E-state index in [1.807, 2.05) is 11.6 Å². The van der Waals surface area contributed by atoms with Crippen LogP contribution in [-0.2, 0) is 19.6 Å². The molecule has 1 aliphatic carbocycles. The second-order valence-corrected chi connectivity index (χ2v) is 5.68. The Morgan fingerprint density at radius 2 is 2.39 bits per heavy atom. The molecule has 1 aromatic rings. The number of ether oxygens (including phenoxy) is 1. The molecule has 7 heteroatoms. The fourth-order valence-electron chi connectivity index (χ4n) is 1.62. The van der Waals surface area contributed by atoms with E-state index in [0.717, 1.165) is 0 Å². The highest BCUT2D eigenvalue weighted by Gasteiger charge is 2.45. The third-order valence-corrected chi connectivity index (χ3v) is 3.96. The minimum Gasteiger partial charge on any atom is -0.378 e. The fraction of sp³-hybridized carbons (Fsp3) is 0.455. The van der Waals surface area contributed by atoms with E-state index in [0.29, 0.717) is 13.0 Å². The molecule has 2 atom stereocenters. The molecule has 1 aliphatic rings. The van der Waals surface area contributed by atoms with Gasteiger partial charge in [0.05, 0.1) is 12.0 Å². The zero-order chi connectivity index (χ0) is 13.2. The van der Waals surface area contributed by atoms with Crippen molar-refractivity contribution < 1.29 is 17.9 Å². The number of hydrogen-bond acceptors (Lipinski definition) is 5. The zero-order valence-electron chi connectivity index (χ0n) is 9.87. The third-order valence-electron chi connectivity index (χ3n) is 2.63. The number of carbonyl (C=O) groups is 1. The molecule has 0 saturated heterocycles. The van der Waals surface area contributed by atoms with Crippen LogP contribution in [0.4, 0.5) is 0 Å². The number of rotatable bonds is 5. The first-order chi connectivity index (χ1) is 8.54. The number of nitrogens with one attached hydrogen (secondary N) is 1. The van der Waals surface area contributed by atoms with Crippen molar-refractivity contribution in [3.05, 3.63) is 24.5 Å². The quantitative estimate of drug-likeness (QED) is 0.832. The normalized spacial score (nSPS) is 22.5. The van der Waals surface area contributed by atoms with Crippen molar-refractivity contribution in [2.75, 3.05) is 6.61 Å².